The molecule has 66 valence electrons. The molecule has 5 heteroatoms. The molecule has 1 aromatic rings. The lowest BCUT2D eigenvalue weighted by atomic mass is 10.2. The van der Waals surface area contributed by atoms with Crippen LogP contribution in [-0.2, 0) is 0 Å². The lowest BCUT2D eigenvalue weighted by Gasteiger charge is -1.99. The van der Waals surface area contributed by atoms with E-state index in [4.69, 9.17) is 15.3 Å². The van der Waals surface area contributed by atoms with E-state index >= 15 is 0 Å². The normalized spacial score (nSPS) is 8.67. The van der Waals surface area contributed by atoms with Crippen LogP contribution >= 0.6 is 0 Å². The summed E-state index contributed by atoms with van der Waals surface area (Å²) in [5.41, 5.74) is 0.109. The summed E-state index contributed by atoms with van der Waals surface area (Å²) in [4.78, 5) is 10.1. The molecule has 0 aliphatic carbocycles. The summed E-state index contributed by atoms with van der Waals surface area (Å²) in [5, 5.41) is 26.5. The molecular weight excluding hydrogens is 164 g/mol. The highest BCUT2D eigenvalue weighted by Gasteiger charge is 2.06. The zero-order valence-electron chi connectivity index (χ0n) is 5.98. The summed E-state index contributed by atoms with van der Waals surface area (Å²) in [7, 11) is 0. The van der Waals surface area contributed by atoms with E-state index in [0.29, 0.717) is 6.29 Å². The number of hydrogen-bond donors (Lipinski definition) is 3. The Hall–Kier alpha value is -1.75. The number of carbonyl (C=O) groups is 1. The van der Waals surface area contributed by atoms with E-state index in [-0.39, 0.29) is 11.0 Å². The minimum absolute atomic E-state index is 0. The Morgan fingerprint density at radius 2 is 1.50 bits per heavy atom. The third-order valence-electron chi connectivity index (χ3n) is 1.23. The van der Waals surface area contributed by atoms with E-state index in [2.05, 4.69) is 0 Å². The molecule has 0 spiro atoms. The topological polar surface area (TPSA) is 109 Å². The molecule has 5 N–H and O–H groups in total. The van der Waals surface area contributed by atoms with Crippen LogP contribution in [0.5, 0.6) is 17.2 Å². The zero-order chi connectivity index (χ0) is 8.43. The van der Waals surface area contributed by atoms with Crippen molar-refractivity contribution in [2.24, 2.45) is 0 Å². The van der Waals surface area contributed by atoms with Crippen molar-refractivity contribution >= 4 is 6.29 Å². The molecule has 0 aromatic heterocycles. The third-order valence-corrected chi connectivity index (χ3v) is 1.23. The van der Waals surface area contributed by atoms with Crippen LogP contribution in [0, 0.1) is 0 Å². The van der Waals surface area contributed by atoms with Gasteiger partial charge in [-0.3, -0.25) is 4.79 Å². The minimum Gasteiger partial charge on any atom is -0.504 e. The second kappa shape index (κ2) is 3.59. The van der Waals surface area contributed by atoms with Crippen molar-refractivity contribution in [1.82, 2.24) is 0 Å². The van der Waals surface area contributed by atoms with Gasteiger partial charge in [0.2, 0.25) is 0 Å². The summed E-state index contributed by atoms with van der Waals surface area (Å²) in [6.45, 7) is 0. The maximum Gasteiger partial charge on any atom is 0.200 e. The third kappa shape index (κ3) is 1.64. The molecule has 0 saturated heterocycles. The number of benzene rings is 1. The summed E-state index contributed by atoms with van der Waals surface area (Å²) < 4.78 is 0. The average Bonchev–Trinajstić information content (AvgIpc) is 1.99. The van der Waals surface area contributed by atoms with Gasteiger partial charge in [0.1, 0.15) is 6.29 Å². The largest absolute Gasteiger partial charge is 0.504 e. The summed E-state index contributed by atoms with van der Waals surface area (Å²) in [5.74, 6) is -1.63. The molecule has 0 atom stereocenters. The molecule has 0 fully saturated rings. The molecule has 0 radical (unpaired) electrons. The van der Waals surface area contributed by atoms with Crippen molar-refractivity contribution < 1.29 is 25.6 Å². The SMILES string of the molecule is O.O=Cc1cc(O)c(O)c(O)c1. The van der Waals surface area contributed by atoms with Crippen molar-refractivity contribution in [3.05, 3.63) is 17.7 Å². The van der Waals surface area contributed by atoms with Crippen molar-refractivity contribution in [1.29, 1.82) is 0 Å². The van der Waals surface area contributed by atoms with Gasteiger partial charge in [0, 0.05) is 5.56 Å². The maximum atomic E-state index is 10.1. The smallest absolute Gasteiger partial charge is 0.200 e. The van der Waals surface area contributed by atoms with Crippen molar-refractivity contribution in [2.45, 2.75) is 0 Å². The first-order chi connectivity index (χ1) is 5.15. The molecule has 1 rings (SSSR count). The molecule has 0 amide bonds. The van der Waals surface area contributed by atoms with E-state index in [1.165, 1.54) is 0 Å². The van der Waals surface area contributed by atoms with E-state index in [9.17, 15) is 4.79 Å². The van der Waals surface area contributed by atoms with Crippen LogP contribution in [0.4, 0.5) is 0 Å². The number of aromatic hydroxyl groups is 3. The van der Waals surface area contributed by atoms with Crippen molar-refractivity contribution in [3.8, 4) is 17.2 Å². The fourth-order valence-electron chi connectivity index (χ4n) is 0.693. The molecule has 0 aliphatic heterocycles. The number of carbonyl (C=O) groups excluding carboxylic acids is 1. The molecule has 5 nitrogen and oxygen atoms in total. The summed E-state index contributed by atoms with van der Waals surface area (Å²) in [6.07, 6.45) is 0.457. The number of phenols is 3. The highest BCUT2D eigenvalue weighted by molar-refractivity contribution is 5.77. The fraction of sp³-hybridized carbons (Fsp3) is 0. The highest BCUT2D eigenvalue weighted by atomic mass is 16.3. The second-order valence-corrected chi connectivity index (χ2v) is 2.03. The average molecular weight is 172 g/mol. The number of phenolic OH excluding ortho intramolecular Hbond substituents is 3. The van der Waals surface area contributed by atoms with E-state index in [0.717, 1.165) is 12.1 Å². The second-order valence-electron chi connectivity index (χ2n) is 2.03. The van der Waals surface area contributed by atoms with Crippen LogP contribution in [0.2, 0.25) is 0 Å². The standard InChI is InChI=1S/C7H6O4.H2O/c8-3-4-1-5(9)7(11)6(10)2-4;/h1-3,9-11H;1H2. The molecule has 0 heterocycles. The molecule has 12 heavy (non-hydrogen) atoms. The van der Waals surface area contributed by atoms with Crippen LogP contribution in [-0.4, -0.2) is 27.1 Å². The first kappa shape index (κ1) is 10.2. The van der Waals surface area contributed by atoms with Gasteiger partial charge in [0.25, 0.3) is 0 Å². The summed E-state index contributed by atoms with van der Waals surface area (Å²) in [6, 6.07) is 2.12. The van der Waals surface area contributed by atoms with Crippen LogP contribution in [0.1, 0.15) is 10.4 Å². The Kier molecular flexibility index (Phi) is 3.06. The van der Waals surface area contributed by atoms with Gasteiger partial charge in [-0.1, -0.05) is 0 Å². The van der Waals surface area contributed by atoms with Gasteiger partial charge in [-0.2, -0.15) is 0 Å². The Morgan fingerprint density at radius 1 is 1.08 bits per heavy atom. The van der Waals surface area contributed by atoms with Gasteiger partial charge in [-0.05, 0) is 12.1 Å². The van der Waals surface area contributed by atoms with Crippen LogP contribution in [0.25, 0.3) is 0 Å². The fourth-order valence-corrected chi connectivity index (χ4v) is 0.693. The minimum atomic E-state index is -0.615. The van der Waals surface area contributed by atoms with E-state index in [1.807, 2.05) is 0 Å². The van der Waals surface area contributed by atoms with Gasteiger partial charge in [0.05, 0.1) is 0 Å². The van der Waals surface area contributed by atoms with Gasteiger partial charge in [-0.25, -0.2) is 0 Å². The van der Waals surface area contributed by atoms with Crippen LogP contribution < -0.4 is 0 Å². The Morgan fingerprint density at radius 3 is 1.83 bits per heavy atom. The predicted molar refractivity (Wildman–Crippen MR) is 40.4 cm³/mol. The van der Waals surface area contributed by atoms with Gasteiger partial charge >= 0.3 is 0 Å². The van der Waals surface area contributed by atoms with E-state index in [1.54, 1.807) is 0 Å². The lowest BCUT2D eigenvalue weighted by molar-refractivity contribution is 0.112. The highest BCUT2D eigenvalue weighted by Crippen LogP contribution is 2.34. The Bertz CT molecular complexity index is 271. The van der Waals surface area contributed by atoms with Crippen molar-refractivity contribution in [3.63, 3.8) is 0 Å². The first-order valence-electron chi connectivity index (χ1n) is 2.85. The van der Waals surface area contributed by atoms with Gasteiger partial charge in [-0.15, -0.1) is 0 Å². The molecule has 1 aromatic carbocycles. The zero-order valence-corrected chi connectivity index (χ0v) is 5.98. The molecule has 0 saturated carbocycles. The van der Waals surface area contributed by atoms with Crippen LogP contribution in [0.3, 0.4) is 0 Å². The quantitative estimate of drug-likeness (QED) is 0.402. The molecule has 0 aliphatic rings. The maximum absolute atomic E-state index is 10.1. The lowest BCUT2D eigenvalue weighted by Crippen LogP contribution is -1.79. The number of hydrogen-bond acceptors (Lipinski definition) is 4. The molecule has 0 unspecified atom stereocenters. The molecule has 0 bridgehead atoms. The number of rotatable bonds is 1. The van der Waals surface area contributed by atoms with Gasteiger partial charge < -0.3 is 20.8 Å². The monoisotopic (exact) mass is 172 g/mol. The number of aldehydes is 1. The van der Waals surface area contributed by atoms with Crippen molar-refractivity contribution in [2.75, 3.05) is 0 Å². The van der Waals surface area contributed by atoms with Gasteiger partial charge in [0.15, 0.2) is 17.2 Å². The predicted octanol–water partition coefficient (Wildman–Crippen LogP) is -0.209. The Labute approximate surface area is 67.8 Å². The Balaban J connectivity index is 0.00000121. The summed E-state index contributed by atoms with van der Waals surface area (Å²) >= 11 is 0. The van der Waals surface area contributed by atoms with Crippen LogP contribution in [0.15, 0.2) is 12.1 Å². The molecular formula is C7H8O5. The van der Waals surface area contributed by atoms with E-state index < -0.39 is 17.2 Å². The first-order valence-corrected chi connectivity index (χ1v) is 2.85.